The van der Waals surface area contributed by atoms with Crippen LogP contribution in [-0.4, -0.2) is 30.6 Å². The van der Waals surface area contributed by atoms with Crippen molar-refractivity contribution in [1.82, 2.24) is 4.98 Å². The highest BCUT2D eigenvalue weighted by Gasteiger charge is 2.31. The Bertz CT molecular complexity index is 1050. The van der Waals surface area contributed by atoms with Gasteiger partial charge < -0.3 is 9.80 Å². The topological polar surface area (TPSA) is 60.2 Å². The highest BCUT2D eigenvalue weighted by Crippen LogP contribution is 2.40. The van der Waals surface area contributed by atoms with E-state index >= 15 is 0 Å². The predicted octanol–water partition coefficient (Wildman–Crippen LogP) is 4.28. The summed E-state index contributed by atoms with van der Waals surface area (Å²) >= 11 is 2.94. The molecule has 27 heavy (non-hydrogen) atoms. The third-order valence-corrected chi connectivity index (χ3v) is 6.63. The molecule has 1 aliphatic heterocycles. The Labute approximate surface area is 165 Å². The van der Waals surface area contributed by atoms with E-state index in [4.69, 9.17) is 0 Å². The summed E-state index contributed by atoms with van der Waals surface area (Å²) in [6.07, 6.45) is 0. The van der Waals surface area contributed by atoms with Crippen molar-refractivity contribution >= 4 is 50.5 Å². The lowest BCUT2D eigenvalue weighted by Gasteiger charge is -2.19. The predicted molar refractivity (Wildman–Crippen MR) is 111 cm³/mol. The van der Waals surface area contributed by atoms with Crippen LogP contribution < -0.4 is 9.80 Å². The molecule has 1 aromatic heterocycles. The van der Waals surface area contributed by atoms with E-state index in [-0.39, 0.29) is 17.1 Å². The molecule has 0 aliphatic carbocycles. The molecule has 0 unspecified atom stereocenters. The molecule has 0 fully saturated rings. The summed E-state index contributed by atoms with van der Waals surface area (Å²) in [6, 6.07) is 17.9. The molecule has 1 aliphatic rings. The first kappa shape index (κ1) is 17.6. The Morgan fingerprint density at radius 2 is 1.74 bits per heavy atom. The number of carbonyl (C=O) groups excluding carboxylic acids is 1. The Balaban J connectivity index is 1.58. The van der Waals surface area contributed by atoms with Crippen molar-refractivity contribution < 1.29 is 4.79 Å². The maximum Gasteiger partial charge on any atom is 0.187 e. The number of rotatable bonds is 4. The summed E-state index contributed by atoms with van der Waals surface area (Å²) in [7, 11) is 3.76. The molecule has 0 atom stereocenters. The molecule has 2 aromatic carbocycles. The number of para-hydroxylation sites is 3. The lowest BCUT2D eigenvalue weighted by atomic mass is 10.2. The van der Waals surface area contributed by atoms with Gasteiger partial charge in [-0.15, -0.1) is 11.3 Å². The number of hydrogen-bond acceptors (Lipinski definition) is 7. The van der Waals surface area contributed by atoms with Crippen LogP contribution in [-0.2, 0) is 4.79 Å². The summed E-state index contributed by atoms with van der Waals surface area (Å²) in [6.45, 7) is 0. The van der Waals surface area contributed by atoms with E-state index in [1.54, 1.807) is 11.3 Å². The van der Waals surface area contributed by atoms with Gasteiger partial charge in [-0.3, -0.25) is 4.79 Å². The molecule has 4 rings (SSSR count). The van der Waals surface area contributed by atoms with Gasteiger partial charge in [-0.25, -0.2) is 4.98 Å². The summed E-state index contributed by atoms with van der Waals surface area (Å²) < 4.78 is 1.93. The number of thioether (sulfide) groups is 1. The Hall–Kier alpha value is -2.82. The lowest BCUT2D eigenvalue weighted by Crippen LogP contribution is -2.26. The Kier molecular flexibility index (Phi) is 4.60. The van der Waals surface area contributed by atoms with E-state index in [2.05, 4.69) is 11.1 Å². The minimum Gasteiger partial charge on any atom is -0.328 e. The standard InChI is InChI=1S/C20H16N4OS2/c1-23-15-8-4-5-9-16(15)24(2)19(23)13(11-21)17(25)12-26-20-22-14-7-3-6-10-18(14)27-20/h3-10H,12H2,1-2H3. The van der Waals surface area contributed by atoms with Crippen molar-refractivity contribution in [1.29, 1.82) is 5.26 Å². The minimum absolute atomic E-state index is 0.171. The molecule has 0 N–H and O–H groups in total. The van der Waals surface area contributed by atoms with E-state index in [1.807, 2.05) is 72.4 Å². The van der Waals surface area contributed by atoms with Gasteiger partial charge in [-0.05, 0) is 24.3 Å². The molecule has 5 nitrogen and oxygen atoms in total. The zero-order valence-electron chi connectivity index (χ0n) is 14.8. The van der Waals surface area contributed by atoms with E-state index in [0.29, 0.717) is 5.82 Å². The SMILES string of the molecule is CN1C(=C(C#N)C(=O)CSc2nc3ccccc3s2)N(C)c2ccccc21. The number of thiazole rings is 1. The molecule has 0 saturated carbocycles. The monoisotopic (exact) mass is 392 g/mol. The molecular formula is C20H16N4OS2. The van der Waals surface area contributed by atoms with Crippen LogP contribution >= 0.6 is 23.1 Å². The van der Waals surface area contributed by atoms with Crippen LogP contribution in [0.1, 0.15) is 0 Å². The van der Waals surface area contributed by atoms with Crippen molar-refractivity contribution in [3.8, 4) is 6.07 Å². The van der Waals surface area contributed by atoms with Crippen molar-refractivity contribution in [3.05, 3.63) is 59.9 Å². The first-order chi connectivity index (χ1) is 13.1. The second-order valence-corrected chi connectivity index (χ2v) is 8.33. The van der Waals surface area contributed by atoms with E-state index in [0.717, 1.165) is 25.9 Å². The zero-order valence-corrected chi connectivity index (χ0v) is 16.5. The molecule has 0 saturated heterocycles. The number of fused-ring (bicyclic) bond motifs is 2. The highest BCUT2D eigenvalue weighted by molar-refractivity contribution is 8.01. The summed E-state index contributed by atoms with van der Waals surface area (Å²) in [5.41, 5.74) is 3.07. The molecular weight excluding hydrogens is 376 g/mol. The number of ketones is 1. The molecule has 0 radical (unpaired) electrons. The normalized spacial score (nSPS) is 13.0. The molecule has 0 amide bonds. The largest absolute Gasteiger partial charge is 0.328 e. The number of nitrogens with zero attached hydrogens (tertiary/aromatic N) is 4. The molecule has 2 heterocycles. The Morgan fingerprint density at radius 3 is 2.37 bits per heavy atom. The Morgan fingerprint density at radius 1 is 1.11 bits per heavy atom. The number of benzene rings is 2. The quantitative estimate of drug-likeness (QED) is 0.375. The lowest BCUT2D eigenvalue weighted by molar-refractivity contribution is -0.112. The first-order valence-electron chi connectivity index (χ1n) is 8.32. The van der Waals surface area contributed by atoms with Crippen LogP contribution in [0.5, 0.6) is 0 Å². The molecule has 3 aromatic rings. The summed E-state index contributed by atoms with van der Waals surface area (Å²) in [5.74, 6) is 0.612. The highest BCUT2D eigenvalue weighted by atomic mass is 32.2. The first-order valence-corrected chi connectivity index (χ1v) is 10.1. The smallest absolute Gasteiger partial charge is 0.187 e. The van der Waals surface area contributed by atoms with Gasteiger partial charge >= 0.3 is 0 Å². The molecule has 0 bridgehead atoms. The fourth-order valence-corrected chi connectivity index (χ4v) is 5.11. The fourth-order valence-electron chi connectivity index (χ4n) is 3.17. The van der Waals surface area contributed by atoms with Crippen molar-refractivity contribution in [2.45, 2.75) is 4.34 Å². The molecule has 7 heteroatoms. The van der Waals surface area contributed by atoms with Gasteiger partial charge in [0, 0.05) is 14.1 Å². The van der Waals surface area contributed by atoms with E-state index < -0.39 is 0 Å². The van der Waals surface area contributed by atoms with Gasteiger partial charge in [0.25, 0.3) is 0 Å². The van der Waals surface area contributed by atoms with Crippen LogP contribution in [0.25, 0.3) is 10.2 Å². The van der Waals surface area contributed by atoms with Gasteiger partial charge in [0.05, 0.1) is 27.3 Å². The van der Waals surface area contributed by atoms with Gasteiger partial charge in [0.15, 0.2) is 10.1 Å². The number of aromatic nitrogens is 1. The minimum atomic E-state index is -0.191. The molecule has 134 valence electrons. The van der Waals surface area contributed by atoms with Crippen LogP contribution in [0.4, 0.5) is 11.4 Å². The van der Waals surface area contributed by atoms with Crippen molar-refractivity contribution in [2.75, 3.05) is 29.6 Å². The average Bonchev–Trinajstić information content (AvgIpc) is 3.21. The van der Waals surface area contributed by atoms with Gasteiger partial charge in [0.2, 0.25) is 0 Å². The number of anilines is 2. The number of Topliss-reactive ketones (excluding diaryl/α,β-unsaturated/α-hetero) is 1. The molecule has 0 spiro atoms. The van der Waals surface area contributed by atoms with E-state index in [1.165, 1.54) is 11.8 Å². The van der Waals surface area contributed by atoms with Gasteiger partial charge in [-0.2, -0.15) is 5.26 Å². The van der Waals surface area contributed by atoms with E-state index in [9.17, 15) is 10.1 Å². The van der Waals surface area contributed by atoms with Crippen LogP contribution in [0.3, 0.4) is 0 Å². The third-order valence-electron chi connectivity index (χ3n) is 4.46. The number of hydrogen-bond donors (Lipinski definition) is 0. The number of allylic oxidation sites excluding steroid dienone is 1. The average molecular weight is 393 g/mol. The van der Waals surface area contributed by atoms with Crippen molar-refractivity contribution in [3.63, 3.8) is 0 Å². The maximum atomic E-state index is 12.8. The number of nitriles is 1. The van der Waals surface area contributed by atoms with Gasteiger partial charge in [0.1, 0.15) is 17.5 Å². The third kappa shape index (κ3) is 3.07. The summed E-state index contributed by atoms with van der Waals surface area (Å²) in [5, 5.41) is 9.68. The maximum absolute atomic E-state index is 12.8. The fraction of sp³-hybridized carbons (Fsp3) is 0.150. The van der Waals surface area contributed by atoms with Crippen LogP contribution in [0, 0.1) is 11.3 Å². The van der Waals surface area contributed by atoms with Crippen LogP contribution in [0.2, 0.25) is 0 Å². The zero-order chi connectivity index (χ0) is 19.0. The second kappa shape index (κ2) is 7.06. The van der Waals surface area contributed by atoms with Crippen molar-refractivity contribution in [2.24, 2.45) is 0 Å². The number of carbonyl (C=O) groups is 1. The van der Waals surface area contributed by atoms with Gasteiger partial charge in [-0.1, -0.05) is 36.0 Å². The second-order valence-electron chi connectivity index (χ2n) is 6.08. The summed E-state index contributed by atoms with van der Waals surface area (Å²) in [4.78, 5) is 21.1. The van der Waals surface area contributed by atoms with Crippen LogP contribution in [0.15, 0.2) is 64.3 Å².